The van der Waals surface area contributed by atoms with Gasteiger partial charge < -0.3 is 4.90 Å². The van der Waals surface area contributed by atoms with Crippen LogP contribution in [-0.4, -0.2) is 55.0 Å². The minimum atomic E-state index is -3.64. The van der Waals surface area contributed by atoms with Gasteiger partial charge in [-0.15, -0.1) is 0 Å². The van der Waals surface area contributed by atoms with E-state index in [2.05, 4.69) is 4.98 Å². The fourth-order valence-corrected chi connectivity index (χ4v) is 4.49. The Morgan fingerprint density at radius 2 is 1.66 bits per heavy atom. The van der Waals surface area contributed by atoms with Crippen molar-refractivity contribution in [1.29, 1.82) is 0 Å². The van der Waals surface area contributed by atoms with Gasteiger partial charge in [-0.3, -0.25) is 4.57 Å². The summed E-state index contributed by atoms with van der Waals surface area (Å²) in [6.45, 7) is 0.372. The van der Waals surface area contributed by atoms with Gasteiger partial charge in [0, 0.05) is 40.1 Å². The molecule has 0 saturated heterocycles. The second-order valence-electron chi connectivity index (χ2n) is 7.90. The highest BCUT2D eigenvalue weighted by Crippen LogP contribution is 2.21. The molecule has 9 heteroatoms. The zero-order chi connectivity index (χ0) is 23.0. The van der Waals surface area contributed by atoms with Crippen LogP contribution in [0.3, 0.4) is 0 Å². The van der Waals surface area contributed by atoms with Crippen LogP contribution in [0.25, 0.3) is 16.9 Å². The van der Waals surface area contributed by atoms with E-state index in [0.717, 1.165) is 15.6 Å². The van der Waals surface area contributed by atoms with Crippen LogP contribution in [0.4, 0.5) is 5.69 Å². The first-order valence-electron chi connectivity index (χ1n) is 10.1. The molecule has 2 aromatic heterocycles. The highest BCUT2D eigenvalue weighted by molar-refractivity contribution is 7.89. The molecule has 4 aromatic rings. The molecule has 8 nitrogen and oxygen atoms in total. The quantitative estimate of drug-likeness (QED) is 0.450. The first-order chi connectivity index (χ1) is 15.2. The maximum absolute atomic E-state index is 13.5. The van der Waals surface area contributed by atoms with E-state index in [-0.39, 0.29) is 10.6 Å². The van der Waals surface area contributed by atoms with Crippen molar-refractivity contribution in [2.75, 3.05) is 33.1 Å². The minimum Gasteiger partial charge on any atom is -0.378 e. The SMILES string of the molecule is CN(C)c1ccc(Cn2c(=O)n(-c3cccc(S(=O)(=O)N(C)C)c3)c3ncccc32)cc1. The predicted molar refractivity (Wildman–Crippen MR) is 126 cm³/mol. The Labute approximate surface area is 187 Å². The molecule has 4 rings (SSSR count). The predicted octanol–water partition coefficient (Wildman–Crippen LogP) is 2.55. The molecule has 0 N–H and O–H groups in total. The van der Waals surface area contributed by atoms with Crippen molar-refractivity contribution in [2.24, 2.45) is 0 Å². The molecule has 0 spiro atoms. The van der Waals surface area contributed by atoms with Gasteiger partial charge in [-0.2, -0.15) is 0 Å². The summed E-state index contributed by atoms with van der Waals surface area (Å²) in [5, 5.41) is 0. The maximum Gasteiger partial charge on any atom is 0.335 e. The van der Waals surface area contributed by atoms with Crippen molar-refractivity contribution in [3.8, 4) is 5.69 Å². The fraction of sp³-hybridized carbons (Fsp3) is 0.217. The van der Waals surface area contributed by atoms with Crippen LogP contribution in [0.15, 0.2) is 76.6 Å². The largest absolute Gasteiger partial charge is 0.378 e. The van der Waals surface area contributed by atoms with Gasteiger partial charge in [-0.05, 0) is 48.0 Å². The number of hydrogen-bond donors (Lipinski definition) is 0. The van der Waals surface area contributed by atoms with Gasteiger partial charge in [0.2, 0.25) is 10.0 Å². The second-order valence-corrected chi connectivity index (χ2v) is 10.0. The Bertz CT molecular complexity index is 1430. The number of imidazole rings is 1. The van der Waals surface area contributed by atoms with Gasteiger partial charge in [0.05, 0.1) is 22.6 Å². The van der Waals surface area contributed by atoms with E-state index in [1.807, 2.05) is 49.3 Å². The van der Waals surface area contributed by atoms with E-state index in [1.54, 1.807) is 29.0 Å². The van der Waals surface area contributed by atoms with Crippen molar-refractivity contribution in [3.63, 3.8) is 0 Å². The number of anilines is 1. The van der Waals surface area contributed by atoms with Crippen LogP contribution in [0.2, 0.25) is 0 Å². The molecule has 0 atom stereocenters. The third-order valence-corrected chi connectivity index (χ3v) is 7.15. The molecule has 0 unspecified atom stereocenters. The zero-order valence-electron chi connectivity index (χ0n) is 18.4. The van der Waals surface area contributed by atoms with Crippen molar-refractivity contribution in [1.82, 2.24) is 18.4 Å². The number of benzene rings is 2. The van der Waals surface area contributed by atoms with Gasteiger partial charge >= 0.3 is 5.69 Å². The van der Waals surface area contributed by atoms with Gasteiger partial charge in [-0.1, -0.05) is 18.2 Å². The lowest BCUT2D eigenvalue weighted by Gasteiger charge is -2.13. The summed E-state index contributed by atoms with van der Waals surface area (Å²) in [6.07, 6.45) is 1.62. The highest BCUT2D eigenvalue weighted by Gasteiger charge is 2.20. The van der Waals surface area contributed by atoms with Crippen LogP contribution in [0, 0.1) is 0 Å². The Balaban J connectivity index is 1.85. The lowest BCUT2D eigenvalue weighted by Crippen LogP contribution is -2.25. The van der Waals surface area contributed by atoms with E-state index in [0.29, 0.717) is 23.4 Å². The molecule has 0 amide bonds. The third kappa shape index (κ3) is 3.80. The monoisotopic (exact) mass is 451 g/mol. The average molecular weight is 452 g/mol. The third-order valence-electron chi connectivity index (χ3n) is 5.34. The lowest BCUT2D eigenvalue weighted by molar-refractivity contribution is 0.520. The van der Waals surface area contributed by atoms with Crippen LogP contribution >= 0.6 is 0 Å². The molecule has 0 aliphatic carbocycles. The van der Waals surface area contributed by atoms with E-state index < -0.39 is 10.0 Å². The van der Waals surface area contributed by atoms with Gasteiger partial charge in [0.15, 0.2) is 5.65 Å². The molecule has 2 aromatic carbocycles. The van der Waals surface area contributed by atoms with Crippen LogP contribution < -0.4 is 10.6 Å². The Hall–Kier alpha value is -3.43. The number of nitrogens with zero attached hydrogens (tertiary/aromatic N) is 5. The lowest BCUT2D eigenvalue weighted by atomic mass is 10.2. The molecule has 0 bridgehead atoms. The molecule has 2 heterocycles. The van der Waals surface area contributed by atoms with E-state index >= 15 is 0 Å². The highest BCUT2D eigenvalue weighted by atomic mass is 32.2. The summed E-state index contributed by atoms with van der Waals surface area (Å²) < 4.78 is 29.5. The smallest absolute Gasteiger partial charge is 0.335 e. The summed E-state index contributed by atoms with van der Waals surface area (Å²) in [4.78, 5) is 20.0. The standard InChI is InChI=1S/C23H25N5O3S/c1-25(2)18-12-10-17(11-13-18)16-27-21-9-6-14-24-22(21)28(23(27)29)19-7-5-8-20(15-19)32(30,31)26(3)4/h5-15H,16H2,1-4H3. The summed E-state index contributed by atoms with van der Waals surface area (Å²) in [7, 11) is 3.26. The molecule has 0 aliphatic heterocycles. The average Bonchev–Trinajstić information content (AvgIpc) is 3.05. The molecule has 0 aliphatic rings. The van der Waals surface area contributed by atoms with Gasteiger partial charge in [0.25, 0.3) is 0 Å². The van der Waals surface area contributed by atoms with Crippen LogP contribution in [0.1, 0.15) is 5.56 Å². The number of pyridine rings is 1. The van der Waals surface area contributed by atoms with Crippen molar-refractivity contribution in [3.05, 3.63) is 82.9 Å². The Morgan fingerprint density at radius 1 is 0.938 bits per heavy atom. The number of hydrogen-bond acceptors (Lipinski definition) is 5. The summed E-state index contributed by atoms with van der Waals surface area (Å²) in [6, 6.07) is 18.0. The Kier molecular flexibility index (Phi) is 5.62. The molecular weight excluding hydrogens is 426 g/mol. The first kappa shape index (κ1) is 21.8. The number of rotatable bonds is 6. The van der Waals surface area contributed by atoms with Gasteiger partial charge in [0.1, 0.15) is 0 Å². The van der Waals surface area contributed by atoms with Crippen molar-refractivity contribution < 1.29 is 8.42 Å². The molecule has 0 radical (unpaired) electrons. The Morgan fingerprint density at radius 3 is 2.31 bits per heavy atom. The number of aromatic nitrogens is 3. The molecular formula is C23H25N5O3S. The molecule has 0 saturated carbocycles. The van der Waals surface area contributed by atoms with E-state index in [9.17, 15) is 13.2 Å². The summed E-state index contributed by atoms with van der Waals surface area (Å²) in [5.41, 5.74) is 3.36. The topological polar surface area (TPSA) is 80.4 Å². The fourth-order valence-electron chi connectivity index (χ4n) is 3.55. The van der Waals surface area contributed by atoms with Gasteiger partial charge in [-0.25, -0.2) is 27.1 Å². The normalized spacial score (nSPS) is 11.9. The van der Waals surface area contributed by atoms with Crippen LogP contribution in [-0.2, 0) is 16.6 Å². The first-order valence-corrected chi connectivity index (χ1v) is 11.5. The van der Waals surface area contributed by atoms with Crippen molar-refractivity contribution in [2.45, 2.75) is 11.4 Å². The number of sulfonamides is 1. The summed E-state index contributed by atoms with van der Waals surface area (Å²) in [5.74, 6) is 0. The van der Waals surface area contributed by atoms with Crippen molar-refractivity contribution >= 4 is 26.9 Å². The van der Waals surface area contributed by atoms with E-state index in [4.69, 9.17) is 0 Å². The maximum atomic E-state index is 13.5. The van der Waals surface area contributed by atoms with E-state index in [1.165, 1.54) is 30.8 Å². The number of fused-ring (bicyclic) bond motifs is 1. The van der Waals surface area contributed by atoms with Crippen LogP contribution in [0.5, 0.6) is 0 Å². The second kappa shape index (κ2) is 8.25. The molecule has 0 fully saturated rings. The molecule has 32 heavy (non-hydrogen) atoms. The molecule has 166 valence electrons. The summed E-state index contributed by atoms with van der Waals surface area (Å²) >= 11 is 0. The minimum absolute atomic E-state index is 0.114. The zero-order valence-corrected chi connectivity index (χ0v) is 19.2.